The van der Waals surface area contributed by atoms with Gasteiger partial charge in [0.15, 0.2) is 0 Å². The van der Waals surface area contributed by atoms with Crippen molar-refractivity contribution in [1.29, 1.82) is 5.41 Å². The Morgan fingerprint density at radius 1 is 1.14 bits per heavy atom. The molecule has 1 aliphatic heterocycles. The first-order chi connectivity index (χ1) is 14.0. The van der Waals surface area contributed by atoms with Gasteiger partial charge in [0.25, 0.3) is 0 Å². The molecule has 5 N–H and O–H groups in total. The van der Waals surface area contributed by atoms with Crippen LogP contribution in [0, 0.1) is 5.41 Å². The van der Waals surface area contributed by atoms with Crippen molar-refractivity contribution in [2.24, 2.45) is 5.73 Å². The van der Waals surface area contributed by atoms with E-state index in [1.807, 2.05) is 0 Å². The zero-order valence-electron chi connectivity index (χ0n) is 17.0. The van der Waals surface area contributed by atoms with Gasteiger partial charge >= 0.3 is 0 Å². The van der Waals surface area contributed by atoms with Gasteiger partial charge in [0, 0.05) is 25.3 Å². The molecule has 1 unspecified atom stereocenters. The molecule has 1 aliphatic carbocycles. The lowest BCUT2D eigenvalue weighted by Gasteiger charge is -2.35. The van der Waals surface area contributed by atoms with Gasteiger partial charge in [-0.15, -0.1) is 0 Å². The van der Waals surface area contributed by atoms with Gasteiger partial charge in [-0.2, -0.15) is 0 Å². The van der Waals surface area contributed by atoms with Crippen molar-refractivity contribution in [3.05, 3.63) is 29.6 Å². The SMILES string of the molecule is N=C(N)c1ccc(CNC(=O)C2CCCCN2C(=O)CNC2CCCCC2)cn1. The van der Waals surface area contributed by atoms with Crippen LogP contribution in [-0.4, -0.2) is 52.7 Å². The Morgan fingerprint density at radius 3 is 2.59 bits per heavy atom. The summed E-state index contributed by atoms with van der Waals surface area (Å²) in [6.45, 7) is 1.28. The number of aromatic nitrogens is 1. The second-order valence-electron chi connectivity index (χ2n) is 8.00. The Bertz CT molecular complexity index is 714. The van der Waals surface area contributed by atoms with Gasteiger partial charge in [0.2, 0.25) is 11.8 Å². The van der Waals surface area contributed by atoms with Crippen molar-refractivity contribution in [1.82, 2.24) is 20.5 Å². The average molecular weight is 401 g/mol. The third kappa shape index (κ3) is 6.00. The molecule has 1 aromatic rings. The highest BCUT2D eigenvalue weighted by Gasteiger charge is 2.32. The number of hydrogen-bond acceptors (Lipinski definition) is 5. The summed E-state index contributed by atoms with van der Waals surface area (Å²) in [5.41, 5.74) is 6.65. The van der Waals surface area contributed by atoms with Gasteiger partial charge in [-0.05, 0) is 43.7 Å². The van der Waals surface area contributed by atoms with Crippen LogP contribution in [0.5, 0.6) is 0 Å². The van der Waals surface area contributed by atoms with Gasteiger partial charge in [0.1, 0.15) is 17.6 Å². The van der Waals surface area contributed by atoms with E-state index in [0.717, 1.165) is 31.2 Å². The molecule has 1 saturated heterocycles. The van der Waals surface area contributed by atoms with E-state index < -0.39 is 6.04 Å². The first-order valence-corrected chi connectivity index (χ1v) is 10.6. The second-order valence-corrected chi connectivity index (χ2v) is 8.00. The smallest absolute Gasteiger partial charge is 0.243 e. The molecule has 8 nitrogen and oxygen atoms in total. The zero-order chi connectivity index (χ0) is 20.6. The molecule has 0 spiro atoms. The van der Waals surface area contributed by atoms with E-state index in [-0.39, 0.29) is 17.6 Å². The fourth-order valence-corrected chi connectivity index (χ4v) is 4.14. The van der Waals surface area contributed by atoms with Crippen molar-refractivity contribution in [3.63, 3.8) is 0 Å². The van der Waals surface area contributed by atoms with Crippen molar-refractivity contribution >= 4 is 17.6 Å². The van der Waals surface area contributed by atoms with Crippen LogP contribution >= 0.6 is 0 Å². The number of nitrogens with zero attached hydrogens (tertiary/aromatic N) is 2. The van der Waals surface area contributed by atoms with Crippen molar-refractivity contribution < 1.29 is 9.59 Å². The standard InChI is InChI=1S/C21H32N6O2/c22-20(23)17-10-9-15(12-25-17)13-26-21(29)18-8-4-5-11-27(18)19(28)14-24-16-6-2-1-3-7-16/h9-10,12,16,18,24H,1-8,11,13-14H2,(H3,22,23)(H,26,29). The van der Waals surface area contributed by atoms with E-state index >= 15 is 0 Å². The molecule has 1 saturated carbocycles. The molecule has 1 atom stereocenters. The summed E-state index contributed by atoms with van der Waals surface area (Å²) >= 11 is 0. The van der Waals surface area contributed by atoms with Gasteiger partial charge in [-0.1, -0.05) is 25.3 Å². The third-order valence-corrected chi connectivity index (χ3v) is 5.84. The first-order valence-electron chi connectivity index (χ1n) is 10.6. The quantitative estimate of drug-likeness (QED) is 0.405. The number of piperidine rings is 1. The summed E-state index contributed by atoms with van der Waals surface area (Å²) in [6.07, 6.45) is 10.2. The summed E-state index contributed by atoms with van der Waals surface area (Å²) < 4.78 is 0. The maximum absolute atomic E-state index is 12.8. The maximum Gasteiger partial charge on any atom is 0.243 e. The molecule has 3 rings (SSSR count). The Morgan fingerprint density at radius 2 is 1.90 bits per heavy atom. The minimum absolute atomic E-state index is 0.0166. The van der Waals surface area contributed by atoms with E-state index in [1.165, 1.54) is 19.3 Å². The summed E-state index contributed by atoms with van der Waals surface area (Å²) in [4.78, 5) is 31.4. The highest BCUT2D eigenvalue weighted by atomic mass is 16.2. The van der Waals surface area contributed by atoms with Crippen molar-refractivity contribution in [3.8, 4) is 0 Å². The topological polar surface area (TPSA) is 124 Å². The molecule has 2 heterocycles. The molecule has 0 radical (unpaired) electrons. The maximum atomic E-state index is 12.8. The summed E-state index contributed by atoms with van der Waals surface area (Å²) in [7, 11) is 0. The number of nitrogens with two attached hydrogens (primary N) is 1. The Kier molecular flexibility index (Phi) is 7.57. The normalized spacial score (nSPS) is 20.3. The van der Waals surface area contributed by atoms with Crippen molar-refractivity contribution in [2.75, 3.05) is 13.1 Å². The summed E-state index contributed by atoms with van der Waals surface area (Å²) in [5.74, 6) is -0.187. The van der Waals surface area contributed by atoms with Crippen LogP contribution < -0.4 is 16.4 Å². The fourth-order valence-electron chi connectivity index (χ4n) is 4.14. The second kappa shape index (κ2) is 10.3. The largest absolute Gasteiger partial charge is 0.382 e. The average Bonchev–Trinajstić information content (AvgIpc) is 2.76. The minimum Gasteiger partial charge on any atom is -0.382 e. The molecule has 29 heavy (non-hydrogen) atoms. The van der Waals surface area contributed by atoms with Gasteiger partial charge in [0.05, 0.1) is 6.54 Å². The molecule has 1 aromatic heterocycles. The molecule has 8 heteroatoms. The lowest BCUT2D eigenvalue weighted by Crippen LogP contribution is -2.54. The fraction of sp³-hybridized carbons (Fsp3) is 0.619. The van der Waals surface area contributed by atoms with Gasteiger partial charge in [-0.3, -0.25) is 20.0 Å². The molecular weight excluding hydrogens is 368 g/mol. The number of likely N-dealkylation sites (tertiary alicyclic amines) is 1. The van der Waals surface area contributed by atoms with Crippen LogP contribution in [0.2, 0.25) is 0 Å². The Labute approximate surface area is 172 Å². The van der Waals surface area contributed by atoms with Crippen LogP contribution in [0.15, 0.2) is 18.3 Å². The Hall–Kier alpha value is -2.48. The van der Waals surface area contributed by atoms with E-state index in [2.05, 4.69) is 15.6 Å². The molecule has 2 amide bonds. The van der Waals surface area contributed by atoms with Crippen LogP contribution in [0.3, 0.4) is 0 Å². The van der Waals surface area contributed by atoms with Crippen molar-refractivity contribution in [2.45, 2.75) is 70.0 Å². The predicted octanol–water partition coefficient (Wildman–Crippen LogP) is 1.29. The van der Waals surface area contributed by atoms with E-state index in [1.54, 1.807) is 23.2 Å². The van der Waals surface area contributed by atoms with E-state index in [9.17, 15) is 9.59 Å². The monoisotopic (exact) mass is 400 g/mol. The molecule has 158 valence electrons. The van der Waals surface area contributed by atoms with Gasteiger partial charge in [-0.25, -0.2) is 0 Å². The number of pyridine rings is 1. The predicted molar refractivity (Wildman–Crippen MR) is 111 cm³/mol. The first kappa shape index (κ1) is 21.2. The van der Waals surface area contributed by atoms with Crippen LogP contribution in [0.1, 0.15) is 62.6 Å². The van der Waals surface area contributed by atoms with Crippen LogP contribution in [-0.2, 0) is 16.1 Å². The van der Waals surface area contributed by atoms with Gasteiger partial charge < -0.3 is 21.3 Å². The number of rotatable bonds is 7. The highest BCUT2D eigenvalue weighted by Crippen LogP contribution is 2.19. The lowest BCUT2D eigenvalue weighted by molar-refractivity contribution is -0.141. The molecule has 0 aromatic carbocycles. The molecular formula is C21H32N6O2. The minimum atomic E-state index is -0.408. The Balaban J connectivity index is 1.51. The number of nitrogen functional groups attached to an aromatic ring is 1. The number of nitrogens with one attached hydrogen (secondary N) is 3. The van der Waals surface area contributed by atoms with E-state index in [0.29, 0.717) is 37.8 Å². The number of carbonyl (C=O) groups excluding carboxylic acids is 2. The van der Waals surface area contributed by atoms with Crippen LogP contribution in [0.25, 0.3) is 0 Å². The number of amidine groups is 1. The van der Waals surface area contributed by atoms with Crippen LogP contribution in [0.4, 0.5) is 0 Å². The molecule has 0 bridgehead atoms. The molecule has 2 fully saturated rings. The summed E-state index contributed by atoms with van der Waals surface area (Å²) in [6, 6.07) is 3.48. The number of hydrogen-bond donors (Lipinski definition) is 4. The van der Waals surface area contributed by atoms with E-state index in [4.69, 9.17) is 11.1 Å². The number of carbonyl (C=O) groups is 2. The summed E-state index contributed by atoms with van der Waals surface area (Å²) in [5, 5.41) is 13.7. The zero-order valence-corrected chi connectivity index (χ0v) is 17.0. The molecule has 2 aliphatic rings. The highest BCUT2D eigenvalue weighted by molar-refractivity contribution is 5.93. The lowest BCUT2D eigenvalue weighted by atomic mass is 9.95. The third-order valence-electron chi connectivity index (χ3n) is 5.84. The number of amides is 2.